The summed E-state index contributed by atoms with van der Waals surface area (Å²) in [5.41, 5.74) is 3.20. The zero-order valence-corrected chi connectivity index (χ0v) is 9.76. The van der Waals surface area contributed by atoms with Crippen molar-refractivity contribution in [2.45, 2.75) is 6.92 Å². The third-order valence-electron chi connectivity index (χ3n) is 2.47. The van der Waals surface area contributed by atoms with E-state index in [9.17, 15) is 0 Å². The Balaban J connectivity index is 2.24. The van der Waals surface area contributed by atoms with Crippen LogP contribution in [0.15, 0.2) is 30.6 Å². The van der Waals surface area contributed by atoms with Crippen molar-refractivity contribution in [2.75, 3.05) is 0 Å². The third-order valence-corrected chi connectivity index (χ3v) is 2.75. The van der Waals surface area contributed by atoms with Crippen LogP contribution in [0, 0.1) is 6.92 Å². The molecule has 0 aliphatic carbocycles. The first kappa shape index (κ1) is 10.2. The highest BCUT2D eigenvalue weighted by Gasteiger charge is 2.10. The molecule has 0 N–H and O–H groups in total. The highest BCUT2D eigenvalue weighted by atomic mass is 35.5. The molecule has 2 aromatic heterocycles. The Morgan fingerprint density at radius 1 is 1.12 bits per heavy atom. The van der Waals surface area contributed by atoms with Crippen LogP contribution in [-0.4, -0.2) is 25.0 Å². The van der Waals surface area contributed by atoms with E-state index >= 15 is 0 Å². The molecule has 5 nitrogen and oxygen atoms in total. The van der Waals surface area contributed by atoms with Gasteiger partial charge in [0.1, 0.15) is 6.33 Å². The molecule has 17 heavy (non-hydrogen) atoms. The highest BCUT2D eigenvalue weighted by molar-refractivity contribution is 6.33. The molecule has 0 saturated carbocycles. The van der Waals surface area contributed by atoms with Gasteiger partial charge in [0.15, 0.2) is 16.3 Å². The zero-order valence-electron chi connectivity index (χ0n) is 9.00. The molecule has 0 radical (unpaired) electrons. The molecule has 3 rings (SSSR count). The predicted octanol–water partition coefficient (Wildman–Crippen LogP) is 2.17. The Hall–Kier alpha value is -2.01. The van der Waals surface area contributed by atoms with Crippen LogP contribution in [0.3, 0.4) is 0 Å². The number of benzene rings is 1. The van der Waals surface area contributed by atoms with E-state index in [1.807, 2.05) is 31.2 Å². The van der Waals surface area contributed by atoms with Gasteiger partial charge in [-0.25, -0.2) is 9.97 Å². The van der Waals surface area contributed by atoms with E-state index in [4.69, 9.17) is 11.6 Å². The van der Waals surface area contributed by atoms with Gasteiger partial charge in [-0.1, -0.05) is 34.5 Å². The molecule has 2 heterocycles. The average Bonchev–Trinajstić information content (AvgIpc) is 2.75. The molecule has 0 amide bonds. The summed E-state index contributed by atoms with van der Waals surface area (Å²) in [4.78, 5) is 8.01. The molecule has 6 heteroatoms. The number of hydrogen-bond acceptors (Lipinski definition) is 4. The molecule has 0 atom stereocenters. The minimum atomic E-state index is 0.313. The maximum Gasteiger partial charge on any atom is 0.188 e. The smallest absolute Gasteiger partial charge is 0.188 e. The minimum absolute atomic E-state index is 0.313. The van der Waals surface area contributed by atoms with Crippen LogP contribution in [0.5, 0.6) is 0 Å². The largest absolute Gasteiger partial charge is 0.222 e. The Labute approximate surface area is 102 Å². The van der Waals surface area contributed by atoms with Crippen LogP contribution in [-0.2, 0) is 0 Å². The van der Waals surface area contributed by atoms with Crippen molar-refractivity contribution in [1.82, 2.24) is 25.0 Å². The van der Waals surface area contributed by atoms with E-state index in [2.05, 4.69) is 20.3 Å². The molecular weight excluding hydrogens is 238 g/mol. The van der Waals surface area contributed by atoms with E-state index in [-0.39, 0.29) is 0 Å². The summed E-state index contributed by atoms with van der Waals surface area (Å²) in [5, 5.41) is 8.32. The second-order valence-corrected chi connectivity index (χ2v) is 4.03. The van der Waals surface area contributed by atoms with E-state index in [1.165, 1.54) is 11.9 Å². The van der Waals surface area contributed by atoms with E-state index in [1.54, 1.807) is 4.68 Å². The summed E-state index contributed by atoms with van der Waals surface area (Å²) < 4.78 is 1.64. The van der Waals surface area contributed by atoms with Gasteiger partial charge in [0, 0.05) is 0 Å². The first-order chi connectivity index (χ1) is 8.25. The van der Waals surface area contributed by atoms with Crippen molar-refractivity contribution in [2.24, 2.45) is 0 Å². The SMILES string of the molecule is Cc1ccc(-n2nnc3c(Cl)ncnc32)cc1. The maximum absolute atomic E-state index is 5.92. The minimum Gasteiger partial charge on any atom is -0.222 e. The van der Waals surface area contributed by atoms with Gasteiger partial charge in [-0.3, -0.25) is 0 Å². The van der Waals surface area contributed by atoms with Crippen LogP contribution >= 0.6 is 11.6 Å². The zero-order chi connectivity index (χ0) is 11.8. The number of hydrogen-bond donors (Lipinski definition) is 0. The second-order valence-electron chi connectivity index (χ2n) is 3.67. The van der Waals surface area contributed by atoms with E-state index < -0.39 is 0 Å². The second kappa shape index (κ2) is 3.78. The summed E-state index contributed by atoms with van der Waals surface area (Å²) in [6.07, 6.45) is 1.40. The normalized spacial score (nSPS) is 10.9. The Kier molecular flexibility index (Phi) is 2.26. The quantitative estimate of drug-likeness (QED) is 0.617. The van der Waals surface area contributed by atoms with Crippen LogP contribution in [0.2, 0.25) is 5.15 Å². The van der Waals surface area contributed by atoms with Gasteiger partial charge in [-0.15, -0.1) is 5.10 Å². The van der Waals surface area contributed by atoms with Gasteiger partial charge in [0.05, 0.1) is 5.69 Å². The first-order valence-electron chi connectivity index (χ1n) is 5.04. The lowest BCUT2D eigenvalue weighted by Crippen LogP contribution is -1.97. The van der Waals surface area contributed by atoms with Crippen LogP contribution in [0.4, 0.5) is 0 Å². The lowest BCUT2D eigenvalue weighted by atomic mass is 10.2. The number of aryl methyl sites for hydroxylation is 1. The van der Waals surface area contributed by atoms with Gasteiger partial charge in [-0.05, 0) is 19.1 Å². The molecule has 3 aromatic rings. The van der Waals surface area contributed by atoms with Crippen molar-refractivity contribution in [1.29, 1.82) is 0 Å². The summed E-state index contributed by atoms with van der Waals surface area (Å²) in [6.45, 7) is 2.03. The van der Waals surface area contributed by atoms with Gasteiger partial charge < -0.3 is 0 Å². The average molecular weight is 246 g/mol. The third kappa shape index (κ3) is 1.64. The number of halogens is 1. The first-order valence-corrected chi connectivity index (χ1v) is 5.42. The van der Waals surface area contributed by atoms with Crippen molar-refractivity contribution in [3.8, 4) is 5.69 Å². The number of fused-ring (bicyclic) bond motifs is 1. The van der Waals surface area contributed by atoms with E-state index in [0.717, 1.165) is 5.69 Å². The standard InChI is InChI=1S/C11H8ClN5/c1-7-2-4-8(5-3-7)17-11-9(15-16-17)10(12)13-6-14-11/h2-6H,1H3. The van der Waals surface area contributed by atoms with Crippen molar-refractivity contribution >= 4 is 22.8 Å². The highest BCUT2D eigenvalue weighted by Crippen LogP contribution is 2.18. The number of aromatic nitrogens is 5. The number of rotatable bonds is 1. The molecule has 0 unspecified atom stereocenters. The summed E-state index contributed by atoms with van der Waals surface area (Å²) >= 11 is 5.92. The Morgan fingerprint density at radius 2 is 1.88 bits per heavy atom. The molecule has 1 aromatic carbocycles. The summed E-state index contributed by atoms with van der Waals surface area (Å²) in [5.74, 6) is 0. The van der Waals surface area contributed by atoms with Gasteiger partial charge in [0.2, 0.25) is 0 Å². The summed E-state index contributed by atoms with van der Waals surface area (Å²) in [7, 11) is 0. The fourth-order valence-corrected chi connectivity index (χ4v) is 1.75. The molecule has 0 fully saturated rings. The molecule has 0 saturated heterocycles. The molecule has 0 spiro atoms. The monoisotopic (exact) mass is 245 g/mol. The van der Waals surface area contributed by atoms with Crippen LogP contribution in [0.25, 0.3) is 16.9 Å². The maximum atomic E-state index is 5.92. The lowest BCUT2D eigenvalue weighted by molar-refractivity contribution is 0.817. The van der Waals surface area contributed by atoms with Crippen LogP contribution in [0.1, 0.15) is 5.56 Å². The van der Waals surface area contributed by atoms with E-state index in [0.29, 0.717) is 16.3 Å². The fourth-order valence-electron chi connectivity index (χ4n) is 1.58. The van der Waals surface area contributed by atoms with Gasteiger partial charge in [0.25, 0.3) is 0 Å². The van der Waals surface area contributed by atoms with Crippen molar-refractivity contribution in [3.63, 3.8) is 0 Å². The molecule has 0 aliphatic rings. The number of nitrogens with zero attached hydrogens (tertiary/aromatic N) is 5. The molecule has 84 valence electrons. The van der Waals surface area contributed by atoms with Gasteiger partial charge >= 0.3 is 0 Å². The Morgan fingerprint density at radius 3 is 2.65 bits per heavy atom. The van der Waals surface area contributed by atoms with Gasteiger partial charge in [-0.2, -0.15) is 4.68 Å². The molecule has 0 aliphatic heterocycles. The topological polar surface area (TPSA) is 56.5 Å². The summed E-state index contributed by atoms with van der Waals surface area (Å²) in [6, 6.07) is 7.93. The lowest BCUT2D eigenvalue weighted by Gasteiger charge is -2.01. The van der Waals surface area contributed by atoms with Crippen molar-refractivity contribution < 1.29 is 0 Å². The Bertz CT molecular complexity index is 674. The fraction of sp³-hybridized carbons (Fsp3) is 0.0909. The molecular formula is C11H8ClN5. The molecule has 0 bridgehead atoms. The van der Waals surface area contributed by atoms with Crippen LogP contribution < -0.4 is 0 Å². The van der Waals surface area contributed by atoms with Crippen molar-refractivity contribution in [3.05, 3.63) is 41.3 Å². The predicted molar refractivity (Wildman–Crippen MR) is 64.2 cm³/mol.